The largest absolute Gasteiger partial charge is 0.360 e. The zero-order valence-electron chi connectivity index (χ0n) is 9.15. The number of hydrogen-bond acceptors (Lipinski definition) is 3. The van der Waals surface area contributed by atoms with Gasteiger partial charge in [0, 0.05) is 28.4 Å². The van der Waals surface area contributed by atoms with Crippen LogP contribution in [0.3, 0.4) is 0 Å². The average molecular weight is 243 g/mol. The molecule has 1 aromatic carbocycles. The van der Waals surface area contributed by atoms with E-state index in [0.717, 1.165) is 16.5 Å². The van der Waals surface area contributed by atoms with Crippen molar-refractivity contribution in [1.82, 2.24) is 10.4 Å². The van der Waals surface area contributed by atoms with E-state index in [0.29, 0.717) is 11.3 Å². The summed E-state index contributed by atoms with van der Waals surface area (Å²) in [6.07, 6.45) is 3.31. The molecule has 0 spiro atoms. The van der Waals surface area contributed by atoms with E-state index in [-0.39, 0.29) is 5.91 Å². The Kier molecular flexibility index (Phi) is 2.06. The Bertz CT molecular complexity index is 701. The number of nitrogens with one attached hydrogen (secondary N) is 3. The van der Waals surface area contributed by atoms with Crippen LogP contribution < -0.4 is 16.5 Å². The van der Waals surface area contributed by atoms with Crippen LogP contribution in [0.1, 0.15) is 15.9 Å². The number of carbonyl (C=O) groups is 2. The van der Waals surface area contributed by atoms with Gasteiger partial charge in [0.25, 0.3) is 5.91 Å². The SMILES string of the molecule is NC(=O)Nc1cc2c3c(c[nH]c3c1)C=NNC2=O. The highest BCUT2D eigenvalue weighted by atomic mass is 16.2. The zero-order chi connectivity index (χ0) is 12.7. The van der Waals surface area contributed by atoms with E-state index in [1.165, 1.54) is 0 Å². The molecule has 90 valence electrons. The summed E-state index contributed by atoms with van der Waals surface area (Å²) >= 11 is 0. The molecule has 0 radical (unpaired) electrons. The lowest BCUT2D eigenvalue weighted by atomic mass is 10.1. The highest BCUT2D eigenvalue weighted by molar-refractivity contribution is 6.15. The molecular formula is C11H9N5O2. The van der Waals surface area contributed by atoms with Gasteiger partial charge in [0.2, 0.25) is 0 Å². The van der Waals surface area contributed by atoms with E-state index in [4.69, 9.17) is 5.73 Å². The van der Waals surface area contributed by atoms with Crippen molar-refractivity contribution in [3.63, 3.8) is 0 Å². The number of aromatic amines is 1. The smallest absolute Gasteiger partial charge is 0.316 e. The van der Waals surface area contributed by atoms with Gasteiger partial charge >= 0.3 is 6.03 Å². The predicted molar refractivity (Wildman–Crippen MR) is 66.6 cm³/mol. The van der Waals surface area contributed by atoms with Gasteiger partial charge in [-0.05, 0) is 12.1 Å². The summed E-state index contributed by atoms with van der Waals surface area (Å²) in [7, 11) is 0. The fraction of sp³-hybridized carbons (Fsp3) is 0. The van der Waals surface area contributed by atoms with Crippen molar-refractivity contribution < 1.29 is 9.59 Å². The van der Waals surface area contributed by atoms with Gasteiger partial charge in [-0.25, -0.2) is 10.2 Å². The molecule has 2 heterocycles. The summed E-state index contributed by atoms with van der Waals surface area (Å²) in [4.78, 5) is 25.7. The molecule has 7 nitrogen and oxygen atoms in total. The number of nitrogens with two attached hydrogens (primary N) is 1. The number of primary amides is 1. The Balaban J connectivity index is 2.27. The molecule has 0 saturated heterocycles. The van der Waals surface area contributed by atoms with Gasteiger partial charge < -0.3 is 16.0 Å². The van der Waals surface area contributed by atoms with Gasteiger partial charge in [0.15, 0.2) is 0 Å². The highest BCUT2D eigenvalue weighted by Crippen LogP contribution is 2.27. The Morgan fingerprint density at radius 2 is 2.22 bits per heavy atom. The van der Waals surface area contributed by atoms with Crippen LogP contribution in [0.2, 0.25) is 0 Å². The van der Waals surface area contributed by atoms with Gasteiger partial charge in [0.1, 0.15) is 0 Å². The van der Waals surface area contributed by atoms with Crippen LogP contribution in [0.25, 0.3) is 10.9 Å². The highest BCUT2D eigenvalue weighted by Gasteiger charge is 2.18. The van der Waals surface area contributed by atoms with Crippen molar-refractivity contribution >= 4 is 34.7 Å². The number of benzene rings is 1. The van der Waals surface area contributed by atoms with Gasteiger partial charge in [-0.3, -0.25) is 4.79 Å². The van der Waals surface area contributed by atoms with E-state index in [9.17, 15) is 9.59 Å². The molecule has 0 unspecified atom stereocenters. The molecule has 1 aliphatic rings. The van der Waals surface area contributed by atoms with Crippen LogP contribution in [0.15, 0.2) is 23.4 Å². The third kappa shape index (κ3) is 1.49. The molecule has 3 rings (SSSR count). The van der Waals surface area contributed by atoms with Crippen molar-refractivity contribution in [2.75, 3.05) is 5.32 Å². The molecule has 0 aliphatic carbocycles. The number of H-pyrrole nitrogens is 1. The summed E-state index contributed by atoms with van der Waals surface area (Å²) in [5.74, 6) is -0.331. The Labute approximate surface area is 101 Å². The van der Waals surface area contributed by atoms with Gasteiger partial charge in [-0.15, -0.1) is 0 Å². The quantitative estimate of drug-likeness (QED) is 0.591. The van der Waals surface area contributed by atoms with Gasteiger partial charge in [-0.1, -0.05) is 0 Å². The van der Waals surface area contributed by atoms with E-state index in [1.54, 1.807) is 24.5 Å². The maximum Gasteiger partial charge on any atom is 0.316 e. The molecule has 3 amide bonds. The maximum atomic E-state index is 11.8. The number of urea groups is 1. The first-order valence-corrected chi connectivity index (χ1v) is 5.20. The number of anilines is 1. The van der Waals surface area contributed by atoms with Crippen LogP contribution in [0, 0.1) is 0 Å². The molecular weight excluding hydrogens is 234 g/mol. The van der Waals surface area contributed by atoms with Crippen LogP contribution in [-0.4, -0.2) is 23.1 Å². The van der Waals surface area contributed by atoms with Gasteiger partial charge in [0.05, 0.1) is 11.8 Å². The van der Waals surface area contributed by atoms with Crippen molar-refractivity contribution in [2.45, 2.75) is 0 Å². The second-order valence-electron chi connectivity index (χ2n) is 3.88. The normalized spacial score (nSPS) is 13.2. The number of amides is 3. The Morgan fingerprint density at radius 1 is 1.39 bits per heavy atom. The molecule has 1 aromatic heterocycles. The minimum Gasteiger partial charge on any atom is -0.360 e. The topological polar surface area (TPSA) is 112 Å². The number of hydrazone groups is 1. The summed E-state index contributed by atoms with van der Waals surface area (Å²) in [5, 5.41) is 7.01. The van der Waals surface area contributed by atoms with Crippen LogP contribution in [-0.2, 0) is 0 Å². The molecule has 18 heavy (non-hydrogen) atoms. The summed E-state index contributed by atoms with van der Waals surface area (Å²) in [6.45, 7) is 0. The standard InChI is InChI=1S/C11H9N5O2/c12-11(18)15-6-1-7-9-5(3-13-8(9)2-6)4-14-16-10(7)17/h1-4,13H,(H,16,17)(H3,12,15,18). The van der Waals surface area contributed by atoms with E-state index in [2.05, 4.69) is 20.8 Å². The first-order chi connectivity index (χ1) is 8.65. The lowest BCUT2D eigenvalue weighted by molar-refractivity contribution is 0.0957. The predicted octanol–water partition coefficient (Wildman–Crippen LogP) is 0.736. The van der Waals surface area contributed by atoms with Crippen molar-refractivity contribution in [1.29, 1.82) is 0 Å². The third-order valence-corrected chi connectivity index (χ3v) is 2.69. The lowest BCUT2D eigenvalue weighted by Gasteiger charge is -2.06. The van der Waals surface area contributed by atoms with Crippen LogP contribution >= 0.6 is 0 Å². The fourth-order valence-electron chi connectivity index (χ4n) is 2.01. The number of hydrogen-bond donors (Lipinski definition) is 4. The first kappa shape index (κ1) is 10.3. The summed E-state index contributed by atoms with van der Waals surface area (Å²) in [6, 6.07) is 2.59. The molecule has 2 aromatic rings. The van der Waals surface area contributed by atoms with E-state index < -0.39 is 6.03 Å². The molecule has 5 N–H and O–H groups in total. The Hall–Kier alpha value is -2.83. The molecule has 7 heteroatoms. The molecule has 0 saturated carbocycles. The second kappa shape index (κ2) is 3.59. The molecule has 0 fully saturated rings. The molecule has 0 bridgehead atoms. The number of rotatable bonds is 1. The lowest BCUT2D eigenvalue weighted by Crippen LogP contribution is -2.20. The van der Waals surface area contributed by atoms with Crippen molar-refractivity contribution in [3.8, 4) is 0 Å². The number of aromatic nitrogens is 1. The minimum absolute atomic E-state index is 0.331. The van der Waals surface area contributed by atoms with Crippen molar-refractivity contribution in [3.05, 3.63) is 29.5 Å². The van der Waals surface area contributed by atoms with Crippen LogP contribution in [0.4, 0.5) is 10.5 Å². The van der Waals surface area contributed by atoms with E-state index >= 15 is 0 Å². The van der Waals surface area contributed by atoms with E-state index in [1.807, 2.05) is 0 Å². The van der Waals surface area contributed by atoms with Crippen LogP contribution in [0.5, 0.6) is 0 Å². The third-order valence-electron chi connectivity index (χ3n) is 2.69. The van der Waals surface area contributed by atoms with Crippen molar-refractivity contribution in [2.24, 2.45) is 10.8 Å². The number of nitrogens with zero attached hydrogens (tertiary/aromatic N) is 1. The number of carbonyl (C=O) groups excluding carboxylic acids is 2. The maximum absolute atomic E-state index is 11.8. The fourth-order valence-corrected chi connectivity index (χ4v) is 2.01. The molecule has 0 atom stereocenters. The zero-order valence-corrected chi connectivity index (χ0v) is 9.15. The van der Waals surface area contributed by atoms with Gasteiger partial charge in [-0.2, -0.15) is 5.10 Å². The summed E-state index contributed by atoms with van der Waals surface area (Å²) < 4.78 is 0. The Morgan fingerprint density at radius 3 is 3.00 bits per heavy atom. The minimum atomic E-state index is -0.682. The monoisotopic (exact) mass is 243 g/mol. The average Bonchev–Trinajstić information content (AvgIpc) is 2.63. The first-order valence-electron chi connectivity index (χ1n) is 5.20. The summed E-state index contributed by atoms with van der Waals surface area (Å²) in [5.41, 5.74) is 9.88. The molecule has 1 aliphatic heterocycles. The second-order valence-corrected chi connectivity index (χ2v) is 3.88.